The van der Waals surface area contributed by atoms with Crippen LogP contribution in [0.4, 0.5) is 0 Å². The summed E-state index contributed by atoms with van der Waals surface area (Å²) < 4.78 is 0. The van der Waals surface area contributed by atoms with E-state index in [1.165, 1.54) is 22.3 Å². The van der Waals surface area contributed by atoms with E-state index >= 15 is 0 Å². The maximum atomic E-state index is 13.3. The van der Waals surface area contributed by atoms with Gasteiger partial charge in [-0.25, -0.2) is 0 Å². The highest BCUT2D eigenvalue weighted by Crippen LogP contribution is 2.51. The molecule has 0 spiro atoms. The molecular weight excluding hydrogens is 366 g/mol. The standard InChI is InChI=1S/C28H21NO/c30-27-21-13-5-4-10-19(21)18-26(27)29-28(20-11-2-1-3-12-20)24-16-8-6-14-22(24)23-15-7-9-17-25(23)28/h1-17,26,29H,18H2. The van der Waals surface area contributed by atoms with Crippen LogP contribution in [0, 0.1) is 0 Å². The Labute approximate surface area is 176 Å². The molecule has 6 rings (SSSR count). The van der Waals surface area contributed by atoms with Crippen molar-refractivity contribution in [2.75, 3.05) is 0 Å². The van der Waals surface area contributed by atoms with Crippen molar-refractivity contribution in [3.05, 3.63) is 131 Å². The van der Waals surface area contributed by atoms with E-state index in [-0.39, 0.29) is 11.8 Å². The first-order valence-corrected chi connectivity index (χ1v) is 10.4. The maximum absolute atomic E-state index is 13.3. The highest BCUT2D eigenvalue weighted by atomic mass is 16.1. The monoisotopic (exact) mass is 387 g/mol. The van der Waals surface area contributed by atoms with Gasteiger partial charge in [0.15, 0.2) is 5.78 Å². The molecule has 0 heterocycles. The van der Waals surface area contributed by atoms with Gasteiger partial charge in [-0.1, -0.05) is 103 Å². The quantitative estimate of drug-likeness (QED) is 0.513. The average Bonchev–Trinajstić information content (AvgIpc) is 3.28. The van der Waals surface area contributed by atoms with Crippen LogP contribution in [0.3, 0.4) is 0 Å². The highest BCUT2D eigenvalue weighted by molar-refractivity contribution is 6.04. The van der Waals surface area contributed by atoms with Crippen LogP contribution in [-0.4, -0.2) is 11.8 Å². The molecule has 0 saturated carbocycles. The molecule has 2 aliphatic rings. The van der Waals surface area contributed by atoms with Gasteiger partial charge in [0, 0.05) is 5.56 Å². The third-order valence-electron chi connectivity index (χ3n) is 6.57. The number of ketones is 1. The van der Waals surface area contributed by atoms with Crippen LogP contribution >= 0.6 is 0 Å². The van der Waals surface area contributed by atoms with Crippen molar-refractivity contribution in [1.29, 1.82) is 0 Å². The van der Waals surface area contributed by atoms with Crippen LogP contribution in [0.25, 0.3) is 11.1 Å². The van der Waals surface area contributed by atoms with Gasteiger partial charge in [-0.15, -0.1) is 0 Å². The Kier molecular flexibility index (Phi) is 3.77. The molecule has 2 nitrogen and oxygen atoms in total. The number of Topliss-reactive ketones (excluding diaryl/α,β-unsaturated/α-hetero) is 1. The summed E-state index contributed by atoms with van der Waals surface area (Å²) in [5.74, 6) is 0.183. The van der Waals surface area contributed by atoms with Crippen molar-refractivity contribution >= 4 is 5.78 Å². The zero-order valence-electron chi connectivity index (χ0n) is 16.5. The summed E-state index contributed by atoms with van der Waals surface area (Å²) in [7, 11) is 0. The van der Waals surface area contributed by atoms with Gasteiger partial charge in [0.2, 0.25) is 0 Å². The fraction of sp³-hybridized carbons (Fsp3) is 0.107. The SMILES string of the molecule is O=C1c2ccccc2CC1NC1(c2ccccc2)c2ccccc2-c2ccccc21. The number of hydrogen-bond donors (Lipinski definition) is 1. The summed E-state index contributed by atoms with van der Waals surface area (Å²) in [4.78, 5) is 13.3. The van der Waals surface area contributed by atoms with Crippen molar-refractivity contribution in [2.24, 2.45) is 0 Å². The van der Waals surface area contributed by atoms with Crippen molar-refractivity contribution in [1.82, 2.24) is 5.32 Å². The molecule has 0 amide bonds. The van der Waals surface area contributed by atoms with E-state index in [1.54, 1.807) is 0 Å². The molecule has 0 aromatic heterocycles. The first-order chi connectivity index (χ1) is 14.8. The lowest BCUT2D eigenvalue weighted by Gasteiger charge is -2.36. The molecule has 1 atom stereocenters. The normalized spacial score (nSPS) is 18.0. The van der Waals surface area contributed by atoms with E-state index in [4.69, 9.17) is 0 Å². The molecule has 2 heteroatoms. The van der Waals surface area contributed by atoms with E-state index in [0.717, 1.165) is 16.7 Å². The fourth-order valence-electron chi connectivity index (χ4n) is 5.29. The molecule has 1 unspecified atom stereocenters. The van der Waals surface area contributed by atoms with E-state index in [1.807, 2.05) is 24.3 Å². The lowest BCUT2D eigenvalue weighted by atomic mass is 9.79. The van der Waals surface area contributed by atoms with Gasteiger partial charge in [-0.05, 0) is 39.8 Å². The largest absolute Gasteiger partial charge is 0.292 e. The minimum absolute atomic E-state index is 0.183. The number of hydrogen-bond acceptors (Lipinski definition) is 2. The van der Waals surface area contributed by atoms with Gasteiger partial charge in [-0.3, -0.25) is 10.1 Å². The number of rotatable bonds is 3. The molecule has 2 aliphatic carbocycles. The van der Waals surface area contributed by atoms with Crippen LogP contribution in [0.15, 0.2) is 103 Å². The van der Waals surface area contributed by atoms with Crippen LogP contribution in [-0.2, 0) is 12.0 Å². The molecule has 0 saturated heterocycles. The molecule has 4 aromatic rings. The summed E-state index contributed by atoms with van der Waals surface area (Å²) >= 11 is 0. The van der Waals surface area contributed by atoms with Crippen LogP contribution in [0.5, 0.6) is 0 Å². The average molecular weight is 387 g/mol. The summed E-state index contributed by atoms with van der Waals surface area (Å²) in [6.07, 6.45) is 0.716. The molecule has 1 N–H and O–H groups in total. The summed E-state index contributed by atoms with van der Waals surface area (Å²) in [5.41, 5.74) is 7.45. The molecular formula is C28H21NO. The second kappa shape index (κ2) is 6.51. The maximum Gasteiger partial charge on any atom is 0.180 e. The van der Waals surface area contributed by atoms with Gasteiger partial charge >= 0.3 is 0 Å². The Morgan fingerprint density at radius 2 is 1.17 bits per heavy atom. The highest BCUT2D eigenvalue weighted by Gasteiger charge is 2.47. The second-order valence-corrected chi connectivity index (χ2v) is 8.13. The minimum Gasteiger partial charge on any atom is -0.292 e. The number of fused-ring (bicyclic) bond motifs is 4. The zero-order valence-corrected chi connectivity index (χ0v) is 16.5. The molecule has 0 aliphatic heterocycles. The topological polar surface area (TPSA) is 29.1 Å². The Morgan fingerprint density at radius 3 is 1.80 bits per heavy atom. The van der Waals surface area contributed by atoms with Gasteiger partial charge < -0.3 is 0 Å². The molecule has 0 fully saturated rings. The Bertz CT molecular complexity index is 1230. The van der Waals surface area contributed by atoms with E-state index in [2.05, 4.69) is 84.2 Å². The predicted molar refractivity (Wildman–Crippen MR) is 120 cm³/mol. The van der Waals surface area contributed by atoms with Crippen molar-refractivity contribution < 1.29 is 4.79 Å². The van der Waals surface area contributed by atoms with E-state index in [9.17, 15) is 4.79 Å². The molecule has 30 heavy (non-hydrogen) atoms. The Morgan fingerprint density at radius 1 is 0.633 bits per heavy atom. The van der Waals surface area contributed by atoms with Gasteiger partial charge in [0.1, 0.15) is 0 Å². The van der Waals surface area contributed by atoms with E-state index < -0.39 is 5.54 Å². The van der Waals surface area contributed by atoms with Crippen LogP contribution < -0.4 is 5.32 Å². The Hall–Kier alpha value is -3.49. The number of carbonyl (C=O) groups is 1. The molecule has 0 radical (unpaired) electrons. The third-order valence-corrected chi connectivity index (χ3v) is 6.57. The smallest absolute Gasteiger partial charge is 0.180 e. The molecule has 4 aromatic carbocycles. The Balaban J connectivity index is 1.58. The second-order valence-electron chi connectivity index (χ2n) is 8.13. The van der Waals surface area contributed by atoms with Crippen LogP contribution in [0.2, 0.25) is 0 Å². The number of nitrogens with one attached hydrogen (secondary N) is 1. The van der Waals surface area contributed by atoms with Gasteiger partial charge in [0.05, 0.1) is 11.6 Å². The number of benzene rings is 4. The minimum atomic E-state index is -0.559. The van der Waals surface area contributed by atoms with Gasteiger partial charge in [-0.2, -0.15) is 0 Å². The number of carbonyl (C=O) groups excluding carboxylic acids is 1. The van der Waals surface area contributed by atoms with Gasteiger partial charge in [0.25, 0.3) is 0 Å². The van der Waals surface area contributed by atoms with Crippen molar-refractivity contribution in [3.8, 4) is 11.1 Å². The third kappa shape index (κ3) is 2.31. The summed E-state index contributed by atoms with van der Waals surface area (Å²) in [6, 6.07) is 35.4. The zero-order chi connectivity index (χ0) is 20.1. The molecule has 0 bridgehead atoms. The van der Waals surface area contributed by atoms with Crippen LogP contribution in [0.1, 0.15) is 32.6 Å². The predicted octanol–water partition coefficient (Wildman–Crippen LogP) is 5.36. The fourth-order valence-corrected chi connectivity index (χ4v) is 5.29. The summed E-state index contributed by atoms with van der Waals surface area (Å²) in [6.45, 7) is 0. The van der Waals surface area contributed by atoms with Crippen molar-refractivity contribution in [2.45, 2.75) is 18.0 Å². The van der Waals surface area contributed by atoms with E-state index in [0.29, 0.717) is 6.42 Å². The van der Waals surface area contributed by atoms with Crippen molar-refractivity contribution in [3.63, 3.8) is 0 Å². The summed E-state index contributed by atoms with van der Waals surface area (Å²) in [5, 5.41) is 3.87. The lowest BCUT2D eigenvalue weighted by Crippen LogP contribution is -2.50. The first kappa shape index (κ1) is 17.4. The first-order valence-electron chi connectivity index (χ1n) is 10.4. The molecule has 144 valence electrons. The lowest BCUT2D eigenvalue weighted by molar-refractivity contribution is 0.0946.